The lowest BCUT2D eigenvalue weighted by Crippen LogP contribution is -2.33. The molecule has 0 bridgehead atoms. The van der Waals surface area contributed by atoms with Crippen LogP contribution in [0.2, 0.25) is 5.02 Å². The van der Waals surface area contributed by atoms with E-state index in [1.165, 1.54) is 24.3 Å². The van der Waals surface area contributed by atoms with Crippen LogP contribution in [0, 0.1) is 12.7 Å². The van der Waals surface area contributed by atoms with Crippen molar-refractivity contribution in [1.82, 2.24) is 0 Å². The van der Waals surface area contributed by atoms with E-state index in [0.29, 0.717) is 22.0 Å². The number of nitrogens with one attached hydrogen (secondary N) is 1. The van der Waals surface area contributed by atoms with Gasteiger partial charge in [-0.25, -0.2) is 12.8 Å². The van der Waals surface area contributed by atoms with Crippen LogP contribution in [0.3, 0.4) is 0 Å². The first-order valence-electron chi connectivity index (χ1n) is 7.47. The van der Waals surface area contributed by atoms with Crippen LogP contribution in [0.15, 0.2) is 42.5 Å². The summed E-state index contributed by atoms with van der Waals surface area (Å²) in [5.41, 5.74) is 1.49. The molecule has 8 heteroatoms. The van der Waals surface area contributed by atoms with Crippen LogP contribution in [0.5, 0.6) is 0 Å². The quantitative estimate of drug-likeness (QED) is 0.827. The molecule has 5 nitrogen and oxygen atoms in total. The van der Waals surface area contributed by atoms with Crippen LogP contribution in [-0.2, 0) is 14.8 Å². The molecule has 0 saturated heterocycles. The van der Waals surface area contributed by atoms with E-state index in [-0.39, 0.29) is 18.9 Å². The minimum Gasteiger partial charge on any atom is -0.326 e. The molecule has 0 aliphatic rings. The summed E-state index contributed by atoms with van der Waals surface area (Å²) in [6.07, 6.45) is 1.02. The fourth-order valence-corrected chi connectivity index (χ4v) is 3.44. The first kappa shape index (κ1) is 19.2. The highest BCUT2D eigenvalue weighted by Gasteiger charge is 2.21. The SMILES string of the molecule is Cc1c(Cl)cccc1N(CCC(=O)Nc1ccc(F)cc1)S(C)(=O)=O. The Morgan fingerprint density at radius 3 is 2.44 bits per heavy atom. The summed E-state index contributed by atoms with van der Waals surface area (Å²) < 4.78 is 38.2. The number of halogens is 2. The van der Waals surface area contributed by atoms with Gasteiger partial charge in [-0.15, -0.1) is 0 Å². The summed E-state index contributed by atoms with van der Waals surface area (Å²) in [7, 11) is -3.59. The first-order valence-corrected chi connectivity index (χ1v) is 9.69. The lowest BCUT2D eigenvalue weighted by atomic mass is 10.2. The smallest absolute Gasteiger partial charge is 0.232 e. The summed E-state index contributed by atoms with van der Waals surface area (Å²) in [5.74, 6) is -0.780. The second-order valence-corrected chi connectivity index (χ2v) is 7.84. The Hall–Kier alpha value is -2.12. The highest BCUT2D eigenvalue weighted by atomic mass is 35.5. The van der Waals surface area contributed by atoms with Crippen molar-refractivity contribution >= 4 is 38.9 Å². The van der Waals surface area contributed by atoms with Crippen LogP contribution in [0.25, 0.3) is 0 Å². The van der Waals surface area contributed by atoms with Gasteiger partial charge in [0.25, 0.3) is 0 Å². The molecule has 0 fully saturated rings. The number of carbonyl (C=O) groups is 1. The fraction of sp³-hybridized carbons (Fsp3) is 0.235. The Morgan fingerprint density at radius 2 is 1.84 bits per heavy atom. The van der Waals surface area contributed by atoms with Crippen molar-refractivity contribution in [2.45, 2.75) is 13.3 Å². The molecular weight excluding hydrogens is 367 g/mol. The van der Waals surface area contributed by atoms with Crippen LogP contribution in [0.1, 0.15) is 12.0 Å². The summed E-state index contributed by atoms with van der Waals surface area (Å²) in [6, 6.07) is 10.3. The molecule has 25 heavy (non-hydrogen) atoms. The average Bonchev–Trinajstić information content (AvgIpc) is 2.52. The van der Waals surface area contributed by atoms with E-state index in [4.69, 9.17) is 11.6 Å². The number of rotatable bonds is 6. The molecule has 1 N–H and O–H groups in total. The lowest BCUT2D eigenvalue weighted by molar-refractivity contribution is -0.116. The summed E-state index contributed by atoms with van der Waals surface area (Å²) in [4.78, 5) is 12.1. The zero-order valence-corrected chi connectivity index (χ0v) is 15.4. The molecule has 0 aliphatic carbocycles. The van der Waals surface area contributed by atoms with Crippen LogP contribution >= 0.6 is 11.6 Å². The molecule has 0 aromatic heterocycles. The molecule has 1 amide bonds. The van der Waals surface area contributed by atoms with Gasteiger partial charge in [-0.1, -0.05) is 17.7 Å². The predicted octanol–water partition coefficient (Wildman–Crippen LogP) is 3.58. The minimum absolute atomic E-state index is 0.0347. The van der Waals surface area contributed by atoms with E-state index in [1.807, 2.05) is 0 Å². The van der Waals surface area contributed by atoms with Gasteiger partial charge in [0, 0.05) is 23.7 Å². The van der Waals surface area contributed by atoms with Gasteiger partial charge in [0.1, 0.15) is 5.82 Å². The molecular formula is C17H18ClFN2O3S. The van der Waals surface area contributed by atoms with Gasteiger partial charge in [-0.3, -0.25) is 9.10 Å². The van der Waals surface area contributed by atoms with Crippen molar-refractivity contribution < 1.29 is 17.6 Å². The van der Waals surface area contributed by atoms with Crippen molar-refractivity contribution in [2.75, 3.05) is 22.4 Å². The van der Waals surface area contributed by atoms with E-state index in [1.54, 1.807) is 25.1 Å². The normalized spacial score (nSPS) is 11.2. The third kappa shape index (κ3) is 5.17. The Labute approximate surface area is 151 Å². The summed E-state index contributed by atoms with van der Waals surface area (Å²) in [6.45, 7) is 1.68. The van der Waals surface area contributed by atoms with Crippen molar-refractivity contribution in [1.29, 1.82) is 0 Å². The molecule has 0 unspecified atom stereocenters. The zero-order chi connectivity index (χ0) is 18.6. The largest absolute Gasteiger partial charge is 0.326 e. The maximum Gasteiger partial charge on any atom is 0.232 e. The van der Waals surface area contributed by atoms with Crippen molar-refractivity contribution in [3.63, 3.8) is 0 Å². The van der Waals surface area contributed by atoms with E-state index in [2.05, 4.69) is 5.32 Å². The summed E-state index contributed by atoms with van der Waals surface area (Å²) in [5, 5.41) is 3.05. The predicted molar refractivity (Wildman–Crippen MR) is 98.0 cm³/mol. The molecule has 0 heterocycles. The highest BCUT2D eigenvalue weighted by molar-refractivity contribution is 7.92. The standard InChI is InChI=1S/C17H18ClFN2O3S/c1-12-15(18)4-3-5-16(12)21(25(2,23)24)11-10-17(22)20-14-8-6-13(19)7-9-14/h3-9H,10-11H2,1-2H3,(H,20,22). The van der Waals surface area contributed by atoms with E-state index in [9.17, 15) is 17.6 Å². The molecule has 0 spiro atoms. The number of amides is 1. The van der Waals surface area contributed by atoms with Gasteiger partial charge in [0.2, 0.25) is 15.9 Å². The van der Waals surface area contributed by atoms with Gasteiger partial charge in [-0.2, -0.15) is 0 Å². The van der Waals surface area contributed by atoms with Crippen LogP contribution < -0.4 is 9.62 Å². The number of nitrogens with zero attached hydrogens (tertiary/aromatic N) is 1. The van der Waals surface area contributed by atoms with Crippen LogP contribution in [-0.4, -0.2) is 27.1 Å². The maximum atomic E-state index is 12.9. The third-order valence-corrected chi connectivity index (χ3v) is 5.17. The maximum absolute atomic E-state index is 12.9. The minimum atomic E-state index is -3.59. The molecule has 0 saturated carbocycles. The second-order valence-electron chi connectivity index (χ2n) is 5.52. The Balaban J connectivity index is 2.12. The first-order chi connectivity index (χ1) is 11.7. The molecule has 0 radical (unpaired) electrons. The number of anilines is 2. The second kappa shape index (κ2) is 7.84. The molecule has 0 atom stereocenters. The van der Waals surface area contributed by atoms with E-state index < -0.39 is 15.8 Å². The molecule has 2 aromatic rings. The Bertz CT molecular complexity index is 870. The monoisotopic (exact) mass is 384 g/mol. The third-order valence-electron chi connectivity index (χ3n) is 3.58. The van der Waals surface area contributed by atoms with Crippen LogP contribution in [0.4, 0.5) is 15.8 Å². The highest BCUT2D eigenvalue weighted by Crippen LogP contribution is 2.28. The van der Waals surface area contributed by atoms with Crippen molar-refractivity contribution in [3.8, 4) is 0 Å². The molecule has 2 aromatic carbocycles. The van der Waals surface area contributed by atoms with Gasteiger partial charge in [0.05, 0.1) is 11.9 Å². The number of carbonyl (C=O) groups excluding carboxylic acids is 1. The fourth-order valence-electron chi connectivity index (χ4n) is 2.29. The van der Waals surface area contributed by atoms with E-state index >= 15 is 0 Å². The van der Waals surface area contributed by atoms with Gasteiger partial charge in [0.15, 0.2) is 0 Å². The molecule has 0 aliphatic heterocycles. The van der Waals surface area contributed by atoms with Gasteiger partial charge >= 0.3 is 0 Å². The topological polar surface area (TPSA) is 66.5 Å². The summed E-state index contributed by atoms with van der Waals surface area (Å²) >= 11 is 6.06. The molecule has 134 valence electrons. The Morgan fingerprint density at radius 1 is 1.20 bits per heavy atom. The zero-order valence-electron chi connectivity index (χ0n) is 13.8. The lowest BCUT2D eigenvalue weighted by Gasteiger charge is -2.24. The average molecular weight is 385 g/mol. The van der Waals surface area contributed by atoms with Crippen molar-refractivity contribution in [2.24, 2.45) is 0 Å². The number of hydrogen-bond donors (Lipinski definition) is 1. The number of hydrogen-bond acceptors (Lipinski definition) is 3. The van der Waals surface area contributed by atoms with Crippen molar-refractivity contribution in [3.05, 3.63) is 58.9 Å². The van der Waals surface area contributed by atoms with E-state index in [0.717, 1.165) is 10.6 Å². The number of benzene rings is 2. The van der Waals surface area contributed by atoms with Gasteiger partial charge < -0.3 is 5.32 Å². The number of sulfonamides is 1. The molecule has 2 rings (SSSR count). The Kier molecular flexibility index (Phi) is 6.02. The van der Waals surface area contributed by atoms with Gasteiger partial charge in [-0.05, 0) is 48.9 Å².